The number of rotatable bonds is 4. The average Bonchev–Trinajstić information content (AvgIpc) is 2.14. The Morgan fingerprint density at radius 1 is 1.12 bits per heavy atom. The van der Waals surface area contributed by atoms with Crippen LogP contribution in [0.3, 0.4) is 0 Å². The van der Waals surface area contributed by atoms with Crippen LogP contribution in [0.2, 0.25) is 0 Å². The topological polar surface area (TPSA) is 0 Å². The summed E-state index contributed by atoms with van der Waals surface area (Å²) >= 11 is 0. The highest BCUT2D eigenvalue weighted by Gasteiger charge is 2.13. The molecule has 0 spiro atoms. The largest absolute Gasteiger partial charge is 0.0839 e. The number of hydrogen-bond acceptors (Lipinski definition) is 0. The van der Waals surface area contributed by atoms with Crippen LogP contribution in [0.25, 0.3) is 0 Å². The summed E-state index contributed by atoms with van der Waals surface area (Å²) in [6.45, 7) is 15.6. The minimum atomic E-state index is 0.236. The van der Waals surface area contributed by atoms with Gasteiger partial charge in [0.2, 0.25) is 0 Å². The molecule has 0 aliphatic carbocycles. The molecule has 0 aromatic rings. The van der Waals surface area contributed by atoms with E-state index in [2.05, 4.69) is 72.8 Å². The molecule has 0 heterocycles. The van der Waals surface area contributed by atoms with Crippen LogP contribution in [0, 0.1) is 11.3 Å². The molecule has 16 heavy (non-hydrogen) atoms. The summed E-state index contributed by atoms with van der Waals surface area (Å²) in [6, 6.07) is 0. The Bertz CT molecular complexity index is 280. The van der Waals surface area contributed by atoms with Gasteiger partial charge in [-0.2, -0.15) is 0 Å². The van der Waals surface area contributed by atoms with E-state index < -0.39 is 0 Å². The van der Waals surface area contributed by atoms with E-state index in [-0.39, 0.29) is 5.41 Å². The van der Waals surface area contributed by atoms with Crippen molar-refractivity contribution in [3.05, 3.63) is 35.5 Å². The van der Waals surface area contributed by atoms with Crippen molar-refractivity contribution in [2.45, 2.75) is 54.9 Å². The third-order valence-corrected chi connectivity index (χ3v) is 2.74. The van der Waals surface area contributed by atoms with Gasteiger partial charge in [-0.05, 0) is 35.8 Å². The molecule has 0 bridgehead atoms. The molecule has 0 fully saturated rings. The van der Waals surface area contributed by atoms with Gasteiger partial charge in [-0.3, -0.25) is 0 Å². The third-order valence-electron chi connectivity index (χ3n) is 2.74. The molecule has 0 atom stereocenters. The van der Waals surface area contributed by atoms with Gasteiger partial charge < -0.3 is 0 Å². The molecule has 92 valence electrons. The summed E-state index contributed by atoms with van der Waals surface area (Å²) in [5.41, 5.74) is 3.07. The van der Waals surface area contributed by atoms with Crippen LogP contribution in [0.15, 0.2) is 35.5 Å². The Labute approximate surface area is 102 Å². The summed E-state index contributed by atoms with van der Waals surface area (Å²) in [5, 5.41) is 0. The maximum atomic E-state index is 2.32. The SMILES string of the molecule is C\C=C(/C=C\C(=C/CC)C(C)C)C(C)(C)C. The zero-order valence-electron chi connectivity index (χ0n) is 12.1. The first kappa shape index (κ1) is 15.2. The van der Waals surface area contributed by atoms with Gasteiger partial charge in [-0.1, -0.05) is 65.8 Å². The van der Waals surface area contributed by atoms with Crippen LogP contribution >= 0.6 is 0 Å². The molecule has 0 aliphatic rings. The van der Waals surface area contributed by atoms with Gasteiger partial charge in [0, 0.05) is 0 Å². The average molecular weight is 220 g/mol. The first-order chi connectivity index (χ1) is 7.32. The van der Waals surface area contributed by atoms with E-state index in [0.29, 0.717) is 5.92 Å². The smallest absolute Gasteiger partial charge is 0.0135 e. The van der Waals surface area contributed by atoms with Gasteiger partial charge in [0.25, 0.3) is 0 Å². The molecule has 0 radical (unpaired) electrons. The van der Waals surface area contributed by atoms with E-state index in [4.69, 9.17) is 0 Å². The zero-order valence-corrected chi connectivity index (χ0v) is 12.1. The van der Waals surface area contributed by atoms with Crippen molar-refractivity contribution in [2.75, 3.05) is 0 Å². The highest BCUT2D eigenvalue weighted by atomic mass is 14.2. The lowest BCUT2D eigenvalue weighted by molar-refractivity contribution is 0.516. The summed E-state index contributed by atoms with van der Waals surface area (Å²) in [6.07, 6.45) is 10.2. The van der Waals surface area contributed by atoms with Crippen LogP contribution < -0.4 is 0 Å². The molecule has 0 aromatic carbocycles. The first-order valence-corrected chi connectivity index (χ1v) is 6.37. The molecule has 0 amide bonds. The van der Waals surface area contributed by atoms with Crippen molar-refractivity contribution < 1.29 is 0 Å². The van der Waals surface area contributed by atoms with Crippen LogP contribution in [-0.4, -0.2) is 0 Å². The van der Waals surface area contributed by atoms with Crippen molar-refractivity contribution >= 4 is 0 Å². The molecule has 0 heteroatoms. The lowest BCUT2D eigenvalue weighted by Crippen LogP contribution is -2.07. The molecule has 0 saturated heterocycles. The van der Waals surface area contributed by atoms with Crippen LogP contribution in [0.5, 0.6) is 0 Å². The molecule has 0 rings (SSSR count). The Morgan fingerprint density at radius 2 is 1.69 bits per heavy atom. The fourth-order valence-corrected chi connectivity index (χ4v) is 1.70. The molecule has 0 unspecified atom stereocenters. The van der Waals surface area contributed by atoms with Gasteiger partial charge >= 0.3 is 0 Å². The van der Waals surface area contributed by atoms with Crippen molar-refractivity contribution in [3.8, 4) is 0 Å². The second-order valence-corrected chi connectivity index (χ2v) is 5.59. The molecular formula is C16H28. The van der Waals surface area contributed by atoms with Crippen LogP contribution in [0.1, 0.15) is 54.9 Å². The monoisotopic (exact) mass is 220 g/mol. The van der Waals surface area contributed by atoms with Crippen molar-refractivity contribution in [1.82, 2.24) is 0 Å². The molecule has 0 saturated carbocycles. The maximum Gasteiger partial charge on any atom is -0.0135 e. The maximum absolute atomic E-state index is 2.32. The molecule has 0 aromatic heterocycles. The van der Waals surface area contributed by atoms with Gasteiger partial charge in [-0.25, -0.2) is 0 Å². The summed E-state index contributed by atoms with van der Waals surface area (Å²) in [7, 11) is 0. The standard InChI is InChI=1S/C16H28/c1-8-10-14(13(3)4)11-12-15(9-2)16(5,6)7/h9-13H,8H2,1-7H3/b12-11-,14-10+,15-9+. The van der Waals surface area contributed by atoms with E-state index >= 15 is 0 Å². The van der Waals surface area contributed by atoms with Crippen molar-refractivity contribution in [3.63, 3.8) is 0 Å². The van der Waals surface area contributed by atoms with E-state index in [1.807, 2.05) is 0 Å². The van der Waals surface area contributed by atoms with Gasteiger partial charge in [0.15, 0.2) is 0 Å². The van der Waals surface area contributed by atoms with E-state index in [1.54, 1.807) is 0 Å². The van der Waals surface area contributed by atoms with Gasteiger partial charge in [0.1, 0.15) is 0 Å². The van der Waals surface area contributed by atoms with Crippen LogP contribution in [-0.2, 0) is 0 Å². The Kier molecular flexibility index (Phi) is 6.40. The molecule has 0 nitrogen and oxygen atoms in total. The molecular weight excluding hydrogens is 192 g/mol. The lowest BCUT2D eigenvalue weighted by Gasteiger charge is -2.20. The van der Waals surface area contributed by atoms with E-state index in [9.17, 15) is 0 Å². The fraction of sp³-hybridized carbons (Fsp3) is 0.625. The Morgan fingerprint density at radius 3 is 2.00 bits per heavy atom. The van der Waals surface area contributed by atoms with Crippen molar-refractivity contribution in [2.24, 2.45) is 11.3 Å². The predicted octanol–water partition coefficient (Wildman–Crippen LogP) is 5.53. The van der Waals surface area contributed by atoms with Gasteiger partial charge in [0.05, 0.1) is 0 Å². The van der Waals surface area contributed by atoms with Crippen LogP contribution in [0.4, 0.5) is 0 Å². The quantitative estimate of drug-likeness (QED) is 0.547. The minimum Gasteiger partial charge on any atom is -0.0839 e. The molecule has 0 aliphatic heterocycles. The highest BCUT2D eigenvalue weighted by molar-refractivity contribution is 5.31. The number of allylic oxidation sites excluding steroid dienone is 6. The summed E-state index contributed by atoms with van der Waals surface area (Å²) in [5.74, 6) is 0.606. The van der Waals surface area contributed by atoms with E-state index in [1.165, 1.54) is 11.1 Å². The minimum absolute atomic E-state index is 0.236. The normalized spacial score (nSPS) is 15.2. The summed E-state index contributed by atoms with van der Waals surface area (Å²) in [4.78, 5) is 0. The Hall–Kier alpha value is -0.780. The zero-order chi connectivity index (χ0) is 12.8. The highest BCUT2D eigenvalue weighted by Crippen LogP contribution is 2.27. The second kappa shape index (κ2) is 6.73. The summed E-state index contributed by atoms with van der Waals surface area (Å²) < 4.78 is 0. The Balaban J connectivity index is 4.88. The lowest BCUT2D eigenvalue weighted by atomic mass is 9.85. The van der Waals surface area contributed by atoms with Gasteiger partial charge in [-0.15, -0.1) is 0 Å². The predicted molar refractivity (Wildman–Crippen MR) is 75.6 cm³/mol. The van der Waals surface area contributed by atoms with Crippen molar-refractivity contribution in [1.29, 1.82) is 0 Å². The van der Waals surface area contributed by atoms with E-state index in [0.717, 1.165) is 6.42 Å². The third kappa shape index (κ3) is 5.34. The fourth-order valence-electron chi connectivity index (χ4n) is 1.70. The number of hydrogen-bond donors (Lipinski definition) is 0. The first-order valence-electron chi connectivity index (χ1n) is 6.37. The second-order valence-electron chi connectivity index (χ2n) is 5.59. The molecule has 0 N–H and O–H groups in total.